The van der Waals surface area contributed by atoms with Gasteiger partial charge in [0, 0.05) is 34.3 Å². The van der Waals surface area contributed by atoms with E-state index in [1.54, 1.807) is 42.5 Å². The summed E-state index contributed by atoms with van der Waals surface area (Å²) in [5.74, 6) is -0.276. The molecule has 1 aliphatic rings. The predicted molar refractivity (Wildman–Crippen MR) is 141 cm³/mol. The average molecular weight is 576 g/mol. The van der Waals surface area contributed by atoms with Gasteiger partial charge in [0.1, 0.15) is 0 Å². The Morgan fingerprint density at radius 3 is 2.29 bits per heavy atom. The number of piperidine rings is 1. The summed E-state index contributed by atoms with van der Waals surface area (Å²) < 4.78 is 28.1. The summed E-state index contributed by atoms with van der Waals surface area (Å²) in [5, 5.41) is 3.08. The van der Waals surface area contributed by atoms with Crippen molar-refractivity contribution in [1.82, 2.24) is 4.31 Å². The van der Waals surface area contributed by atoms with Gasteiger partial charge in [-0.25, -0.2) is 8.42 Å². The number of amides is 1. The summed E-state index contributed by atoms with van der Waals surface area (Å²) in [4.78, 5) is 26.3. The summed E-state index contributed by atoms with van der Waals surface area (Å²) in [6.07, 6.45) is 1.67. The Bertz CT molecular complexity index is 1370. The normalized spacial score (nSPS) is 15.1. The molecule has 9 heteroatoms. The summed E-state index contributed by atoms with van der Waals surface area (Å²) in [7, 11) is -3.60. The van der Waals surface area contributed by atoms with E-state index in [1.807, 2.05) is 0 Å². The largest absolute Gasteiger partial charge is 0.321 e. The van der Waals surface area contributed by atoms with Crippen LogP contribution in [0, 0.1) is 5.92 Å². The lowest BCUT2D eigenvalue weighted by Crippen LogP contribution is -2.37. The van der Waals surface area contributed by atoms with Crippen molar-refractivity contribution >= 4 is 54.9 Å². The number of nitrogens with one attached hydrogen (secondary N) is 1. The molecule has 1 heterocycles. The van der Waals surface area contributed by atoms with Crippen LogP contribution < -0.4 is 5.32 Å². The molecule has 1 amide bonds. The number of halogens is 2. The number of hydrogen-bond donors (Lipinski definition) is 1. The van der Waals surface area contributed by atoms with Gasteiger partial charge in [-0.2, -0.15) is 4.31 Å². The second-order valence-corrected chi connectivity index (χ2v) is 11.8. The van der Waals surface area contributed by atoms with Crippen molar-refractivity contribution in [3.63, 3.8) is 0 Å². The lowest BCUT2D eigenvalue weighted by atomic mass is 10.0. The van der Waals surface area contributed by atoms with E-state index in [-0.39, 0.29) is 21.8 Å². The standard InChI is InChI=1S/C26H24BrClN2O4S/c1-17-12-14-30(15-13-17)35(33,34)20-9-6-18(7-10-20)26(32)29-24-11-8-19(27)16-22(24)25(31)21-4-2-3-5-23(21)28/h2-11,16-17H,12-15H2,1H3,(H,29,32). The quantitative estimate of drug-likeness (QED) is 0.365. The molecular formula is C26H24BrClN2O4S. The van der Waals surface area contributed by atoms with Crippen molar-refractivity contribution in [3.8, 4) is 0 Å². The molecule has 3 aromatic rings. The molecule has 0 saturated carbocycles. The van der Waals surface area contributed by atoms with Crippen LogP contribution >= 0.6 is 27.5 Å². The molecule has 0 aliphatic carbocycles. The maximum absolute atomic E-state index is 13.2. The number of nitrogens with zero attached hydrogens (tertiary/aromatic N) is 1. The highest BCUT2D eigenvalue weighted by Crippen LogP contribution is 2.28. The van der Waals surface area contributed by atoms with Crippen molar-refractivity contribution in [1.29, 1.82) is 0 Å². The number of sulfonamides is 1. The number of carbonyl (C=O) groups excluding carboxylic acids is 2. The fourth-order valence-corrected chi connectivity index (χ4v) is 6.00. The third-order valence-electron chi connectivity index (χ3n) is 6.09. The monoisotopic (exact) mass is 574 g/mol. The van der Waals surface area contributed by atoms with Gasteiger partial charge in [0.05, 0.1) is 15.6 Å². The first-order chi connectivity index (χ1) is 16.7. The van der Waals surface area contributed by atoms with E-state index >= 15 is 0 Å². The summed E-state index contributed by atoms with van der Waals surface area (Å²) in [6, 6.07) is 17.5. The van der Waals surface area contributed by atoms with Crippen LogP contribution in [0.4, 0.5) is 5.69 Å². The van der Waals surface area contributed by atoms with Gasteiger partial charge in [0.15, 0.2) is 5.78 Å². The minimum Gasteiger partial charge on any atom is -0.321 e. The van der Waals surface area contributed by atoms with Crippen LogP contribution in [-0.4, -0.2) is 37.5 Å². The Kier molecular flexibility index (Phi) is 7.76. The highest BCUT2D eigenvalue weighted by molar-refractivity contribution is 9.10. The molecule has 0 bridgehead atoms. The van der Waals surface area contributed by atoms with Crippen LogP contribution in [0.15, 0.2) is 76.1 Å². The number of benzene rings is 3. The molecule has 0 aromatic heterocycles. The number of anilines is 1. The van der Waals surface area contributed by atoms with E-state index < -0.39 is 15.9 Å². The molecule has 0 radical (unpaired) electrons. The molecule has 1 N–H and O–H groups in total. The van der Waals surface area contributed by atoms with Crippen LogP contribution in [0.25, 0.3) is 0 Å². The molecule has 4 rings (SSSR count). The van der Waals surface area contributed by atoms with Gasteiger partial charge < -0.3 is 5.32 Å². The zero-order chi connectivity index (χ0) is 25.2. The predicted octanol–water partition coefficient (Wildman–Crippen LogP) is 6.01. The second kappa shape index (κ2) is 10.6. The maximum atomic E-state index is 13.2. The molecule has 0 unspecified atom stereocenters. The lowest BCUT2D eigenvalue weighted by molar-refractivity contribution is 0.102. The minimum atomic E-state index is -3.60. The highest BCUT2D eigenvalue weighted by Gasteiger charge is 2.28. The highest BCUT2D eigenvalue weighted by atomic mass is 79.9. The molecule has 6 nitrogen and oxygen atoms in total. The fourth-order valence-electron chi connectivity index (χ4n) is 3.95. The van der Waals surface area contributed by atoms with Gasteiger partial charge in [-0.3, -0.25) is 9.59 Å². The fraction of sp³-hybridized carbons (Fsp3) is 0.231. The lowest BCUT2D eigenvalue weighted by Gasteiger charge is -2.29. The van der Waals surface area contributed by atoms with Gasteiger partial charge >= 0.3 is 0 Å². The topological polar surface area (TPSA) is 83.6 Å². The molecule has 1 fully saturated rings. The Morgan fingerprint density at radius 1 is 0.971 bits per heavy atom. The van der Waals surface area contributed by atoms with Gasteiger partial charge in [-0.05, 0) is 73.4 Å². The van der Waals surface area contributed by atoms with E-state index in [2.05, 4.69) is 28.2 Å². The van der Waals surface area contributed by atoms with Gasteiger partial charge in [-0.15, -0.1) is 0 Å². The number of rotatable bonds is 6. The van der Waals surface area contributed by atoms with Crippen LogP contribution in [-0.2, 0) is 10.0 Å². The molecule has 1 saturated heterocycles. The SMILES string of the molecule is CC1CCN(S(=O)(=O)c2ccc(C(=O)Nc3ccc(Br)cc3C(=O)c3ccccc3Cl)cc2)CC1. The number of hydrogen-bond acceptors (Lipinski definition) is 4. The zero-order valence-corrected chi connectivity index (χ0v) is 22.2. The van der Waals surface area contributed by atoms with Crippen molar-refractivity contribution < 1.29 is 18.0 Å². The van der Waals surface area contributed by atoms with E-state index in [1.165, 1.54) is 28.6 Å². The Hall–Kier alpha value is -2.52. The van der Waals surface area contributed by atoms with E-state index in [4.69, 9.17) is 11.6 Å². The van der Waals surface area contributed by atoms with Crippen molar-refractivity contribution in [2.75, 3.05) is 18.4 Å². The van der Waals surface area contributed by atoms with Crippen LogP contribution in [0.5, 0.6) is 0 Å². The third-order valence-corrected chi connectivity index (χ3v) is 8.83. The summed E-state index contributed by atoms with van der Waals surface area (Å²) in [5.41, 5.74) is 1.20. The van der Waals surface area contributed by atoms with E-state index in [0.717, 1.165) is 12.8 Å². The molecule has 0 atom stereocenters. The molecule has 182 valence electrons. The smallest absolute Gasteiger partial charge is 0.255 e. The molecule has 0 spiro atoms. The first kappa shape index (κ1) is 25.6. The van der Waals surface area contributed by atoms with Crippen molar-refractivity contribution in [2.24, 2.45) is 5.92 Å². The maximum Gasteiger partial charge on any atom is 0.255 e. The first-order valence-corrected chi connectivity index (χ1v) is 13.8. The van der Waals surface area contributed by atoms with Gasteiger partial charge in [-0.1, -0.05) is 46.6 Å². The number of carbonyl (C=O) groups is 2. The van der Waals surface area contributed by atoms with Gasteiger partial charge in [0.2, 0.25) is 10.0 Å². The van der Waals surface area contributed by atoms with E-state index in [0.29, 0.717) is 39.8 Å². The van der Waals surface area contributed by atoms with Gasteiger partial charge in [0.25, 0.3) is 5.91 Å². The van der Waals surface area contributed by atoms with Crippen LogP contribution in [0.3, 0.4) is 0 Å². The Labute approximate surface area is 218 Å². The molecule has 1 aliphatic heterocycles. The zero-order valence-electron chi connectivity index (χ0n) is 19.0. The van der Waals surface area contributed by atoms with Crippen LogP contribution in [0.2, 0.25) is 5.02 Å². The van der Waals surface area contributed by atoms with Crippen molar-refractivity contribution in [2.45, 2.75) is 24.7 Å². The average Bonchev–Trinajstić information content (AvgIpc) is 2.85. The molecule has 3 aromatic carbocycles. The number of ketones is 1. The Balaban J connectivity index is 1.55. The van der Waals surface area contributed by atoms with Crippen LogP contribution in [0.1, 0.15) is 46.0 Å². The Morgan fingerprint density at radius 2 is 1.63 bits per heavy atom. The first-order valence-electron chi connectivity index (χ1n) is 11.2. The minimum absolute atomic E-state index is 0.154. The van der Waals surface area contributed by atoms with Crippen molar-refractivity contribution in [3.05, 3.63) is 92.9 Å². The molecular weight excluding hydrogens is 552 g/mol. The third kappa shape index (κ3) is 5.67. The summed E-state index contributed by atoms with van der Waals surface area (Å²) >= 11 is 9.58. The summed E-state index contributed by atoms with van der Waals surface area (Å²) in [6.45, 7) is 3.12. The molecule has 35 heavy (non-hydrogen) atoms. The second-order valence-electron chi connectivity index (χ2n) is 8.56. The van der Waals surface area contributed by atoms with E-state index in [9.17, 15) is 18.0 Å².